The van der Waals surface area contributed by atoms with Gasteiger partial charge in [0, 0.05) is 6.42 Å². The van der Waals surface area contributed by atoms with Crippen LogP contribution < -0.4 is 5.32 Å². The molecule has 87 heavy (non-hydrogen) atoms. The first kappa shape index (κ1) is 83.9. The first-order valence-corrected chi connectivity index (χ1v) is 39.4. The van der Waals surface area contributed by atoms with Crippen molar-refractivity contribution in [2.75, 3.05) is 13.2 Å². The quantitative estimate of drug-likeness (QED) is 0.0261. The van der Waals surface area contributed by atoms with Crippen LogP contribution in [0, 0.1) is 0 Å². The van der Waals surface area contributed by atoms with Crippen LogP contribution >= 0.6 is 0 Å². The lowest BCUT2D eigenvalue weighted by Gasteiger charge is -2.40. The Morgan fingerprint density at radius 1 is 0.379 bits per heavy atom. The molecule has 0 aromatic rings. The van der Waals surface area contributed by atoms with Gasteiger partial charge in [-0.3, -0.25) is 4.79 Å². The van der Waals surface area contributed by atoms with Gasteiger partial charge in [0.15, 0.2) is 6.29 Å². The normalized spacial score (nSPS) is 17.9. The van der Waals surface area contributed by atoms with Gasteiger partial charge in [0.05, 0.1) is 25.4 Å². The monoisotopic (exact) mass is 1230 g/mol. The molecule has 0 aromatic carbocycles. The molecule has 0 radical (unpaired) electrons. The summed E-state index contributed by atoms with van der Waals surface area (Å²) >= 11 is 0. The average molecular weight is 1230 g/mol. The van der Waals surface area contributed by atoms with Gasteiger partial charge in [-0.15, -0.1) is 0 Å². The number of aliphatic hydroxyl groups is 5. The summed E-state index contributed by atoms with van der Waals surface area (Å²) in [6.07, 6.45) is 82.2. The summed E-state index contributed by atoms with van der Waals surface area (Å²) < 4.78 is 11.3. The third-order valence-corrected chi connectivity index (χ3v) is 19.4. The first-order valence-electron chi connectivity index (χ1n) is 39.4. The van der Waals surface area contributed by atoms with E-state index in [1.165, 1.54) is 366 Å². The molecule has 0 bridgehead atoms. The number of carbonyl (C=O) groups is 1. The summed E-state index contributed by atoms with van der Waals surface area (Å²) in [5.74, 6) is -0.165. The standard InChI is InChI=1S/C78H153NO8/c1-3-5-7-9-11-13-15-17-19-21-23-25-27-29-31-33-35-37-39-41-43-45-47-49-51-53-55-57-59-61-63-65-67-72(81)71(70-86-78-77(85)76(84)75(83)73(69-80)87-78)79-74(82)68-66-64-62-60-58-56-54-52-50-48-46-44-42-40-38-36-34-32-30-28-26-24-22-20-18-16-14-12-10-8-6-4-2/h65,67,71-73,75-78,80-81,83-85H,3-64,66,68-70H2,1-2H3,(H,79,82)/b67-65+. The summed E-state index contributed by atoms with van der Waals surface area (Å²) in [6.45, 7) is 3.86. The Morgan fingerprint density at radius 3 is 0.897 bits per heavy atom. The van der Waals surface area contributed by atoms with Crippen molar-refractivity contribution >= 4 is 5.91 Å². The topological polar surface area (TPSA) is 149 Å². The highest BCUT2D eigenvalue weighted by Gasteiger charge is 2.44. The predicted molar refractivity (Wildman–Crippen MR) is 374 cm³/mol. The van der Waals surface area contributed by atoms with Crippen molar-refractivity contribution in [1.82, 2.24) is 5.32 Å². The Morgan fingerprint density at radius 2 is 0.632 bits per heavy atom. The fraction of sp³-hybridized carbons (Fsp3) is 0.962. The number of aliphatic hydroxyl groups excluding tert-OH is 5. The molecule has 7 unspecified atom stereocenters. The van der Waals surface area contributed by atoms with Gasteiger partial charge in [-0.25, -0.2) is 0 Å². The largest absolute Gasteiger partial charge is 0.394 e. The van der Waals surface area contributed by atoms with Crippen molar-refractivity contribution in [3.05, 3.63) is 12.2 Å². The molecule has 1 saturated heterocycles. The fourth-order valence-corrected chi connectivity index (χ4v) is 13.2. The van der Waals surface area contributed by atoms with E-state index < -0.39 is 49.5 Å². The van der Waals surface area contributed by atoms with Gasteiger partial charge in [-0.1, -0.05) is 411 Å². The lowest BCUT2D eigenvalue weighted by Crippen LogP contribution is -2.60. The number of ether oxygens (including phenoxy) is 2. The number of unbranched alkanes of at least 4 members (excludes halogenated alkanes) is 61. The van der Waals surface area contributed by atoms with E-state index in [4.69, 9.17) is 9.47 Å². The summed E-state index contributed by atoms with van der Waals surface area (Å²) in [6, 6.07) is -0.803. The Labute approximate surface area is 541 Å². The molecule has 9 nitrogen and oxygen atoms in total. The number of allylic oxidation sites excluding steroid dienone is 1. The molecule has 9 heteroatoms. The van der Waals surface area contributed by atoms with Crippen molar-refractivity contribution in [3.8, 4) is 0 Å². The molecule has 1 aliphatic heterocycles. The minimum absolute atomic E-state index is 0.165. The summed E-state index contributed by atoms with van der Waals surface area (Å²) in [7, 11) is 0. The summed E-state index contributed by atoms with van der Waals surface area (Å²) in [4.78, 5) is 13.2. The minimum Gasteiger partial charge on any atom is -0.394 e. The van der Waals surface area contributed by atoms with E-state index in [-0.39, 0.29) is 12.5 Å². The maximum absolute atomic E-state index is 13.2. The lowest BCUT2D eigenvalue weighted by molar-refractivity contribution is -0.302. The molecule has 0 saturated carbocycles. The first-order chi connectivity index (χ1) is 42.8. The zero-order valence-corrected chi connectivity index (χ0v) is 58.3. The van der Waals surface area contributed by atoms with Gasteiger partial charge in [-0.2, -0.15) is 0 Å². The number of carbonyl (C=O) groups excluding carboxylic acids is 1. The van der Waals surface area contributed by atoms with Crippen LogP contribution in [0.5, 0.6) is 0 Å². The Bertz CT molecular complexity index is 1380. The average Bonchev–Trinajstić information content (AvgIpc) is 3.41. The second-order valence-corrected chi connectivity index (χ2v) is 27.9. The molecular formula is C78H153NO8. The maximum atomic E-state index is 13.2. The molecule has 1 rings (SSSR count). The van der Waals surface area contributed by atoms with Crippen molar-refractivity contribution in [2.45, 2.75) is 468 Å². The van der Waals surface area contributed by atoms with E-state index in [0.29, 0.717) is 6.42 Å². The summed E-state index contributed by atoms with van der Waals surface area (Å²) in [5.41, 5.74) is 0. The van der Waals surface area contributed by atoms with Gasteiger partial charge >= 0.3 is 0 Å². The Hall–Kier alpha value is -1.07. The van der Waals surface area contributed by atoms with Crippen molar-refractivity contribution in [1.29, 1.82) is 0 Å². The highest BCUT2D eigenvalue weighted by atomic mass is 16.7. The lowest BCUT2D eigenvalue weighted by atomic mass is 9.99. The molecule has 1 fully saturated rings. The third-order valence-electron chi connectivity index (χ3n) is 19.4. The smallest absolute Gasteiger partial charge is 0.220 e. The minimum atomic E-state index is -1.57. The molecule has 1 heterocycles. The van der Waals surface area contributed by atoms with E-state index in [1.54, 1.807) is 6.08 Å². The molecule has 0 aliphatic carbocycles. The van der Waals surface area contributed by atoms with Gasteiger partial charge in [0.1, 0.15) is 24.4 Å². The molecule has 0 aromatic heterocycles. The van der Waals surface area contributed by atoms with E-state index in [9.17, 15) is 30.3 Å². The van der Waals surface area contributed by atoms with Crippen LogP contribution in [0.3, 0.4) is 0 Å². The predicted octanol–water partition coefficient (Wildman–Crippen LogP) is 22.2. The molecule has 6 N–H and O–H groups in total. The van der Waals surface area contributed by atoms with Crippen LogP contribution in [0.25, 0.3) is 0 Å². The van der Waals surface area contributed by atoms with Crippen LogP contribution in [0.1, 0.15) is 425 Å². The third kappa shape index (κ3) is 56.2. The number of hydrogen-bond donors (Lipinski definition) is 6. The second-order valence-electron chi connectivity index (χ2n) is 27.9. The van der Waals surface area contributed by atoms with Gasteiger partial charge in [0.2, 0.25) is 5.91 Å². The molecule has 1 amide bonds. The van der Waals surface area contributed by atoms with Crippen molar-refractivity contribution in [2.24, 2.45) is 0 Å². The molecule has 7 atom stereocenters. The number of hydrogen-bond acceptors (Lipinski definition) is 8. The molecule has 518 valence electrons. The Kier molecular flexibility index (Phi) is 65.4. The van der Waals surface area contributed by atoms with Gasteiger partial charge in [0.25, 0.3) is 0 Å². The molecule has 0 spiro atoms. The SMILES string of the molecule is CCCCCCCCCCCCCCCCCCCCCCCCCCCCCCCC/C=C/C(O)C(COC1OC(CO)C(O)C(O)C1O)NC(=O)CCCCCCCCCCCCCCCCCCCCCCCCCCCCCCCCCC. The van der Waals surface area contributed by atoms with Gasteiger partial charge in [-0.05, 0) is 19.3 Å². The Balaban J connectivity index is 2.07. The highest BCUT2D eigenvalue weighted by Crippen LogP contribution is 2.24. The molecule has 1 aliphatic rings. The summed E-state index contributed by atoms with van der Waals surface area (Å²) in [5, 5.41) is 54.9. The van der Waals surface area contributed by atoms with Crippen LogP contribution in [-0.2, 0) is 14.3 Å². The molecular weight excluding hydrogens is 1080 g/mol. The van der Waals surface area contributed by atoms with Gasteiger partial charge < -0.3 is 40.3 Å². The van der Waals surface area contributed by atoms with Crippen LogP contribution in [0.4, 0.5) is 0 Å². The van der Waals surface area contributed by atoms with E-state index in [1.807, 2.05) is 6.08 Å². The number of amides is 1. The number of nitrogens with one attached hydrogen (secondary N) is 1. The fourth-order valence-electron chi connectivity index (χ4n) is 13.2. The van der Waals surface area contributed by atoms with Crippen LogP contribution in [-0.4, -0.2) is 87.5 Å². The van der Waals surface area contributed by atoms with Crippen LogP contribution in [0.15, 0.2) is 12.2 Å². The van der Waals surface area contributed by atoms with Crippen molar-refractivity contribution < 1.29 is 39.8 Å². The maximum Gasteiger partial charge on any atom is 0.220 e. The number of rotatable bonds is 71. The van der Waals surface area contributed by atoms with E-state index >= 15 is 0 Å². The van der Waals surface area contributed by atoms with E-state index in [0.717, 1.165) is 38.5 Å². The van der Waals surface area contributed by atoms with Crippen LogP contribution in [0.2, 0.25) is 0 Å². The van der Waals surface area contributed by atoms with Crippen molar-refractivity contribution in [3.63, 3.8) is 0 Å². The zero-order chi connectivity index (χ0) is 62.8. The second kappa shape index (κ2) is 67.8. The van der Waals surface area contributed by atoms with E-state index in [2.05, 4.69) is 19.2 Å². The zero-order valence-electron chi connectivity index (χ0n) is 58.3. The highest BCUT2D eigenvalue weighted by molar-refractivity contribution is 5.76.